The molecule has 0 amide bonds. The molecule has 0 spiro atoms. The molecule has 1 unspecified atom stereocenters. The largest absolute Gasteiger partial charge is 0.377 e. The van der Waals surface area contributed by atoms with Crippen LogP contribution >= 0.6 is 31.9 Å². The SMILES string of the molecule is COC(C)c1c(Br)cnc(C2CC2)c1Br. The van der Waals surface area contributed by atoms with Crippen molar-refractivity contribution in [3.05, 3.63) is 26.4 Å². The van der Waals surface area contributed by atoms with Gasteiger partial charge in [-0.15, -0.1) is 0 Å². The first-order chi connectivity index (χ1) is 7.15. The fourth-order valence-electron chi connectivity index (χ4n) is 1.63. The van der Waals surface area contributed by atoms with Gasteiger partial charge in [-0.3, -0.25) is 4.98 Å². The molecule has 82 valence electrons. The maximum absolute atomic E-state index is 5.37. The van der Waals surface area contributed by atoms with Gasteiger partial charge in [0.1, 0.15) is 0 Å². The molecule has 1 aliphatic carbocycles. The van der Waals surface area contributed by atoms with E-state index in [0.717, 1.165) is 14.5 Å². The molecule has 15 heavy (non-hydrogen) atoms. The maximum Gasteiger partial charge on any atom is 0.0816 e. The van der Waals surface area contributed by atoms with E-state index in [9.17, 15) is 0 Å². The summed E-state index contributed by atoms with van der Waals surface area (Å²) in [4.78, 5) is 4.47. The van der Waals surface area contributed by atoms with Crippen molar-refractivity contribution < 1.29 is 4.74 Å². The van der Waals surface area contributed by atoms with Gasteiger partial charge < -0.3 is 4.74 Å². The minimum atomic E-state index is 0.0780. The van der Waals surface area contributed by atoms with Crippen molar-refractivity contribution >= 4 is 31.9 Å². The van der Waals surface area contributed by atoms with Gasteiger partial charge in [-0.1, -0.05) is 0 Å². The molecule has 2 nitrogen and oxygen atoms in total. The molecule has 0 saturated heterocycles. The van der Waals surface area contributed by atoms with Gasteiger partial charge in [0.25, 0.3) is 0 Å². The van der Waals surface area contributed by atoms with E-state index in [4.69, 9.17) is 4.74 Å². The molecular weight excluding hydrogens is 322 g/mol. The van der Waals surface area contributed by atoms with Crippen LogP contribution in [0.25, 0.3) is 0 Å². The Bertz CT molecular complexity index is 377. The predicted molar refractivity (Wildman–Crippen MR) is 67.0 cm³/mol. The van der Waals surface area contributed by atoms with Crippen LogP contribution < -0.4 is 0 Å². The Morgan fingerprint density at radius 2 is 2.13 bits per heavy atom. The highest BCUT2D eigenvalue weighted by Gasteiger charge is 2.29. The Balaban J connectivity index is 2.45. The van der Waals surface area contributed by atoms with Crippen molar-refractivity contribution in [2.45, 2.75) is 31.8 Å². The van der Waals surface area contributed by atoms with Gasteiger partial charge >= 0.3 is 0 Å². The third kappa shape index (κ3) is 2.27. The van der Waals surface area contributed by atoms with Crippen LogP contribution in [0.5, 0.6) is 0 Å². The first-order valence-corrected chi connectivity index (χ1v) is 6.60. The molecule has 1 saturated carbocycles. The Morgan fingerprint density at radius 3 is 2.67 bits per heavy atom. The number of nitrogens with zero attached hydrogens (tertiary/aromatic N) is 1. The molecule has 1 heterocycles. The first-order valence-electron chi connectivity index (χ1n) is 5.01. The predicted octanol–water partition coefficient (Wildman–Crippen LogP) is 4.19. The zero-order valence-electron chi connectivity index (χ0n) is 8.76. The summed E-state index contributed by atoms with van der Waals surface area (Å²) in [5.74, 6) is 0.648. The molecule has 0 aliphatic heterocycles. The summed E-state index contributed by atoms with van der Waals surface area (Å²) >= 11 is 7.16. The first kappa shape index (κ1) is 11.6. The van der Waals surface area contributed by atoms with Crippen molar-refractivity contribution in [3.8, 4) is 0 Å². The highest BCUT2D eigenvalue weighted by atomic mass is 79.9. The highest BCUT2D eigenvalue weighted by molar-refractivity contribution is 9.11. The number of halogens is 2. The molecule has 1 aliphatic rings. The normalized spacial score (nSPS) is 17.9. The lowest BCUT2D eigenvalue weighted by atomic mass is 10.1. The minimum Gasteiger partial charge on any atom is -0.377 e. The van der Waals surface area contributed by atoms with Gasteiger partial charge in [0.15, 0.2) is 0 Å². The van der Waals surface area contributed by atoms with Gasteiger partial charge in [0, 0.05) is 33.7 Å². The van der Waals surface area contributed by atoms with Crippen LogP contribution in [-0.4, -0.2) is 12.1 Å². The van der Waals surface area contributed by atoms with Crippen molar-refractivity contribution in [1.29, 1.82) is 0 Å². The van der Waals surface area contributed by atoms with E-state index >= 15 is 0 Å². The van der Waals surface area contributed by atoms with Gasteiger partial charge in [0.2, 0.25) is 0 Å². The maximum atomic E-state index is 5.37. The number of hydrogen-bond acceptors (Lipinski definition) is 2. The van der Waals surface area contributed by atoms with Gasteiger partial charge in [-0.05, 0) is 51.6 Å². The highest BCUT2D eigenvalue weighted by Crippen LogP contribution is 2.45. The van der Waals surface area contributed by atoms with Crippen molar-refractivity contribution in [1.82, 2.24) is 4.98 Å². The average molecular weight is 335 g/mol. The molecule has 4 heteroatoms. The Labute approximate surface area is 107 Å². The van der Waals surface area contributed by atoms with Crippen LogP contribution in [0.3, 0.4) is 0 Å². The number of ether oxygens (including phenoxy) is 1. The summed E-state index contributed by atoms with van der Waals surface area (Å²) in [7, 11) is 1.72. The molecule has 1 atom stereocenters. The lowest BCUT2D eigenvalue weighted by molar-refractivity contribution is 0.118. The van der Waals surface area contributed by atoms with Crippen LogP contribution in [-0.2, 0) is 4.74 Å². The van der Waals surface area contributed by atoms with E-state index in [2.05, 4.69) is 36.8 Å². The third-order valence-electron chi connectivity index (χ3n) is 2.76. The number of pyridine rings is 1. The second-order valence-corrected chi connectivity index (χ2v) is 5.52. The average Bonchev–Trinajstić information content (AvgIpc) is 3.01. The third-order valence-corrected chi connectivity index (χ3v) is 4.23. The molecular formula is C11H13Br2NO. The Kier molecular flexibility index (Phi) is 3.48. The standard InChI is InChI=1S/C11H13Br2NO/c1-6(15-2)9-8(12)5-14-11(10(9)13)7-3-4-7/h5-7H,3-4H2,1-2H3. The quantitative estimate of drug-likeness (QED) is 0.826. The molecule has 1 aromatic rings. The molecule has 0 aromatic carbocycles. The number of methoxy groups -OCH3 is 1. The summed E-state index contributed by atoms with van der Waals surface area (Å²) < 4.78 is 7.48. The molecule has 0 radical (unpaired) electrons. The lowest BCUT2D eigenvalue weighted by Gasteiger charge is -2.16. The zero-order chi connectivity index (χ0) is 11.0. The Hall–Kier alpha value is 0.0700. The van der Waals surface area contributed by atoms with Crippen molar-refractivity contribution in [2.75, 3.05) is 7.11 Å². The van der Waals surface area contributed by atoms with Crippen LogP contribution in [0, 0.1) is 0 Å². The summed E-state index contributed by atoms with van der Waals surface area (Å²) in [5, 5.41) is 0. The molecule has 0 bridgehead atoms. The van der Waals surface area contributed by atoms with Crippen LogP contribution in [0.1, 0.15) is 43.0 Å². The summed E-state index contributed by atoms with van der Waals surface area (Å²) in [6, 6.07) is 0. The lowest BCUT2D eigenvalue weighted by Crippen LogP contribution is -2.02. The van der Waals surface area contributed by atoms with Gasteiger partial charge in [-0.2, -0.15) is 0 Å². The van der Waals surface area contributed by atoms with E-state index in [-0.39, 0.29) is 6.10 Å². The molecule has 0 N–H and O–H groups in total. The fourth-order valence-corrected chi connectivity index (χ4v) is 3.48. The van der Waals surface area contributed by atoms with Crippen LogP contribution in [0.4, 0.5) is 0 Å². The second-order valence-electron chi connectivity index (χ2n) is 3.87. The van der Waals surface area contributed by atoms with E-state index in [1.54, 1.807) is 7.11 Å². The number of hydrogen-bond donors (Lipinski definition) is 0. The summed E-state index contributed by atoms with van der Waals surface area (Å²) in [6.07, 6.45) is 4.47. The van der Waals surface area contributed by atoms with Gasteiger partial charge in [-0.25, -0.2) is 0 Å². The number of aromatic nitrogens is 1. The summed E-state index contributed by atoms with van der Waals surface area (Å²) in [6.45, 7) is 2.04. The van der Waals surface area contributed by atoms with E-state index < -0.39 is 0 Å². The zero-order valence-corrected chi connectivity index (χ0v) is 11.9. The number of rotatable bonds is 3. The minimum absolute atomic E-state index is 0.0780. The molecule has 1 aromatic heterocycles. The summed E-state index contributed by atoms with van der Waals surface area (Å²) in [5.41, 5.74) is 2.34. The topological polar surface area (TPSA) is 22.1 Å². The van der Waals surface area contributed by atoms with Crippen molar-refractivity contribution in [2.24, 2.45) is 0 Å². The second kappa shape index (κ2) is 4.52. The molecule has 1 fully saturated rings. The molecule has 2 rings (SSSR count). The van der Waals surface area contributed by atoms with Crippen LogP contribution in [0.15, 0.2) is 15.1 Å². The van der Waals surface area contributed by atoms with Crippen LogP contribution in [0.2, 0.25) is 0 Å². The van der Waals surface area contributed by atoms with E-state index in [1.165, 1.54) is 18.5 Å². The smallest absolute Gasteiger partial charge is 0.0816 e. The fraction of sp³-hybridized carbons (Fsp3) is 0.545. The monoisotopic (exact) mass is 333 g/mol. The van der Waals surface area contributed by atoms with E-state index in [0.29, 0.717) is 5.92 Å². The van der Waals surface area contributed by atoms with E-state index in [1.807, 2.05) is 13.1 Å². The Morgan fingerprint density at radius 1 is 1.47 bits per heavy atom. The van der Waals surface area contributed by atoms with Crippen molar-refractivity contribution in [3.63, 3.8) is 0 Å². The van der Waals surface area contributed by atoms with Gasteiger partial charge in [0.05, 0.1) is 11.8 Å².